The lowest BCUT2D eigenvalue weighted by Gasteiger charge is -2.26. The Hall–Kier alpha value is -2.54. The monoisotopic (exact) mass is 363 g/mol. The Labute approximate surface area is 147 Å². The van der Waals surface area contributed by atoms with Gasteiger partial charge in [-0.15, -0.1) is 11.3 Å². The molecule has 1 aromatic carbocycles. The number of Topliss-reactive ketones (excluding diaryl/α,β-unsaturated/α-hetero) is 1. The summed E-state index contributed by atoms with van der Waals surface area (Å²) < 4.78 is 26.9. The predicted molar refractivity (Wildman–Crippen MR) is 90.6 cm³/mol. The van der Waals surface area contributed by atoms with Gasteiger partial charge in [-0.2, -0.15) is 0 Å². The predicted octanol–water partition coefficient (Wildman–Crippen LogP) is 4.21. The number of rotatable bonds is 4. The fraction of sp³-hybridized carbons (Fsp3) is 0.222. The third kappa shape index (κ3) is 2.74. The molecule has 0 saturated carbocycles. The van der Waals surface area contributed by atoms with Crippen LogP contribution in [0.5, 0.6) is 0 Å². The van der Waals surface area contributed by atoms with Crippen LogP contribution in [0.25, 0.3) is 0 Å². The molecule has 0 radical (unpaired) electrons. The number of nitrogens with zero attached hydrogens (tertiary/aromatic N) is 1. The normalized spacial score (nSPS) is 17.5. The van der Waals surface area contributed by atoms with Crippen molar-refractivity contribution < 1.29 is 23.5 Å². The van der Waals surface area contributed by atoms with E-state index < -0.39 is 29.3 Å². The van der Waals surface area contributed by atoms with Crippen molar-refractivity contribution in [2.45, 2.75) is 26.3 Å². The third-order valence-electron chi connectivity index (χ3n) is 4.16. The lowest BCUT2D eigenvalue weighted by molar-refractivity contribution is -0.118. The highest BCUT2D eigenvalue weighted by Gasteiger charge is 2.45. The number of thiophene rings is 1. The van der Waals surface area contributed by atoms with E-state index in [-0.39, 0.29) is 23.5 Å². The lowest BCUT2D eigenvalue weighted by atomic mass is 9.98. The molecule has 0 spiro atoms. The molecule has 4 nitrogen and oxygen atoms in total. The summed E-state index contributed by atoms with van der Waals surface area (Å²) in [5, 5.41) is 12.1. The van der Waals surface area contributed by atoms with Crippen LogP contribution in [0, 0.1) is 18.6 Å². The molecule has 1 aromatic heterocycles. The quantitative estimate of drug-likeness (QED) is 0.885. The van der Waals surface area contributed by atoms with Gasteiger partial charge in [-0.25, -0.2) is 8.78 Å². The van der Waals surface area contributed by atoms with Crippen LogP contribution in [0.4, 0.5) is 14.5 Å². The largest absolute Gasteiger partial charge is 0.503 e. The lowest BCUT2D eigenvalue weighted by Crippen LogP contribution is -2.31. The van der Waals surface area contributed by atoms with E-state index in [1.165, 1.54) is 17.4 Å². The van der Waals surface area contributed by atoms with Crippen LogP contribution < -0.4 is 4.90 Å². The summed E-state index contributed by atoms with van der Waals surface area (Å²) in [7, 11) is 0. The van der Waals surface area contributed by atoms with Gasteiger partial charge in [0, 0.05) is 23.1 Å². The standard InChI is InChI=1S/C18H15F2NO3S/c1-3-13(22)14-15(17-9(2)6-7-25-17)21(18(24)16(14)23)10-4-5-11(19)12(20)8-10/h4-8,15,23H,3H2,1-2H3. The molecule has 0 bridgehead atoms. The molecule has 0 aliphatic carbocycles. The zero-order valence-electron chi connectivity index (χ0n) is 13.5. The molecule has 7 heteroatoms. The zero-order valence-corrected chi connectivity index (χ0v) is 14.4. The maximum absolute atomic E-state index is 13.7. The number of anilines is 1. The van der Waals surface area contributed by atoms with E-state index in [4.69, 9.17) is 0 Å². The van der Waals surface area contributed by atoms with Crippen molar-refractivity contribution in [2.75, 3.05) is 4.90 Å². The SMILES string of the molecule is CCC(=O)C1=C(O)C(=O)N(c2ccc(F)c(F)c2)C1c1sccc1C. The second kappa shape index (κ2) is 6.40. The van der Waals surface area contributed by atoms with Gasteiger partial charge < -0.3 is 5.11 Å². The second-order valence-corrected chi connectivity index (χ2v) is 6.63. The van der Waals surface area contributed by atoms with Crippen molar-refractivity contribution >= 4 is 28.7 Å². The van der Waals surface area contributed by atoms with Crippen LogP contribution in [0.1, 0.15) is 29.8 Å². The van der Waals surface area contributed by atoms with Crippen molar-refractivity contribution in [1.82, 2.24) is 0 Å². The number of aryl methyl sites for hydroxylation is 1. The van der Waals surface area contributed by atoms with Crippen LogP contribution in [-0.2, 0) is 9.59 Å². The highest BCUT2D eigenvalue weighted by Crippen LogP contribution is 2.44. The van der Waals surface area contributed by atoms with Gasteiger partial charge in [0.1, 0.15) is 6.04 Å². The van der Waals surface area contributed by atoms with Gasteiger partial charge in [0.25, 0.3) is 5.91 Å². The van der Waals surface area contributed by atoms with Gasteiger partial charge in [-0.3, -0.25) is 14.5 Å². The van der Waals surface area contributed by atoms with Crippen LogP contribution in [0.3, 0.4) is 0 Å². The molecule has 1 aliphatic rings. The average Bonchev–Trinajstić information content (AvgIpc) is 3.11. The molecule has 0 fully saturated rings. The van der Waals surface area contributed by atoms with Crippen LogP contribution in [-0.4, -0.2) is 16.8 Å². The Balaban J connectivity index is 2.20. The number of hydrogen-bond acceptors (Lipinski definition) is 4. The molecule has 0 saturated heterocycles. The van der Waals surface area contributed by atoms with Gasteiger partial charge in [-0.1, -0.05) is 6.92 Å². The first kappa shape index (κ1) is 17.3. The number of ketones is 1. The number of aliphatic hydroxyl groups is 1. The Morgan fingerprint density at radius 2 is 2.00 bits per heavy atom. The van der Waals surface area contributed by atoms with Crippen molar-refractivity contribution in [3.8, 4) is 0 Å². The Morgan fingerprint density at radius 1 is 1.28 bits per heavy atom. The van der Waals surface area contributed by atoms with Crippen molar-refractivity contribution in [2.24, 2.45) is 0 Å². The van der Waals surface area contributed by atoms with E-state index in [1.807, 2.05) is 18.4 Å². The summed E-state index contributed by atoms with van der Waals surface area (Å²) >= 11 is 1.33. The van der Waals surface area contributed by atoms with Crippen LogP contribution in [0.2, 0.25) is 0 Å². The van der Waals surface area contributed by atoms with Gasteiger partial charge in [0.2, 0.25) is 0 Å². The van der Waals surface area contributed by atoms with E-state index in [1.54, 1.807) is 6.92 Å². The van der Waals surface area contributed by atoms with Crippen molar-refractivity contribution in [1.29, 1.82) is 0 Å². The van der Waals surface area contributed by atoms with E-state index in [0.717, 1.165) is 22.6 Å². The number of amides is 1. The molecule has 1 atom stereocenters. The number of carbonyl (C=O) groups excluding carboxylic acids is 2. The molecule has 1 unspecified atom stereocenters. The summed E-state index contributed by atoms with van der Waals surface area (Å²) in [6.07, 6.45) is 0.110. The number of hydrogen-bond donors (Lipinski definition) is 1. The number of halogens is 2. The average molecular weight is 363 g/mol. The van der Waals surface area contributed by atoms with Gasteiger partial charge in [-0.05, 0) is 36.1 Å². The topological polar surface area (TPSA) is 57.6 Å². The summed E-state index contributed by atoms with van der Waals surface area (Å²) in [6.45, 7) is 3.45. The zero-order chi connectivity index (χ0) is 18.3. The third-order valence-corrected chi connectivity index (χ3v) is 5.23. The molecule has 1 N–H and O–H groups in total. The minimum Gasteiger partial charge on any atom is -0.503 e. The Morgan fingerprint density at radius 3 is 2.56 bits per heavy atom. The second-order valence-electron chi connectivity index (χ2n) is 5.68. The molecule has 130 valence electrons. The fourth-order valence-corrected chi connectivity index (χ4v) is 3.92. The first-order valence-electron chi connectivity index (χ1n) is 7.65. The molecule has 25 heavy (non-hydrogen) atoms. The first-order valence-corrected chi connectivity index (χ1v) is 8.53. The van der Waals surface area contributed by atoms with E-state index in [0.29, 0.717) is 4.88 Å². The molecule has 1 aliphatic heterocycles. The highest BCUT2D eigenvalue weighted by atomic mass is 32.1. The van der Waals surface area contributed by atoms with Gasteiger partial charge >= 0.3 is 0 Å². The van der Waals surface area contributed by atoms with Crippen LogP contribution in [0.15, 0.2) is 41.0 Å². The van der Waals surface area contributed by atoms with Gasteiger partial charge in [0.05, 0.1) is 5.57 Å². The van der Waals surface area contributed by atoms with Crippen molar-refractivity contribution in [3.05, 3.63) is 63.1 Å². The van der Waals surface area contributed by atoms with E-state index >= 15 is 0 Å². The summed E-state index contributed by atoms with van der Waals surface area (Å²) in [4.78, 5) is 26.8. The summed E-state index contributed by atoms with van der Waals surface area (Å²) in [5.41, 5.74) is 0.904. The fourth-order valence-electron chi connectivity index (χ4n) is 2.89. The molecule has 2 aromatic rings. The molecular weight excluding hydrogens is 348 g/mol. The van der Waals surface area contributed by atoms with E-state index in [2.05, 4.69) is 0 Å². The Kier molecular flexibility index (Phi) is 4.43. The molecule has 2 heterocycles. The summed E-state index contributed by atoms with van der Waals surface area (Å²) in [6, 6.07) is 4.02. The highest BCUT2D eigenvalue weighted by molar-refractivity contribution is 7.10. The maximum atomic E-state index is 13.7. The summed E-state index contributed by atoms with van der Waals surface area (Å²) in [5.74, 6) is -3.97. The van der Waals surface area contributed by atoms with E-state index in [9.17, 15) is 23.5 Å². The molecule has 1 amide bonds. The minimum absolute atomic E-state index is 0.0113. The first-order chi connectivity index (χ1) is 11.9. The van der Waals surface area contributed by atoms with Crippen LogP contribution >= 0.6 is 11.3 Å². The smallest absolute Gasteiger partial charge is 0.294 e. The minimum atomic E-state index is -1.11. The maximum Gasteiger partial charge on any atom is 0.294 e. The molecular formula is C18H15F2NO3S. The number of aliphatic hydroxyl groups excluding tert-OH is 1. The van der Waals surface area contributed by atoms with Gasteiger partial charge in [0.15, 0.2) is 23.2 Å². The molecule has 3 rings (SSSR count). The number of benzene rings is 1. The number of carbonyl (C=O) groups is 2. The van der Waals surface area contributed by atoms with Crippen molar-refractivity contribution in [3.63, 3.8) is 0 Å². The Bertz CT molecular complexity index is 903.